The van der Waals surface area contributed by atoms with Gasteiger partial charge in [0.25, 0.3) is 0 Å². The summed E-state index contributed by atoms with van der Waals surface area (Å²) in [4.78, 5) is 6.07. The first-order valence-corrected chi connectivity index (χ1v) is 8.80. The first kappa shape index (κ1) is 14.9. The predicted molar refractivity (Wildman–Crippen MR) is 91.9 cm³/mol. The summed E-state index contributed by atoms with van der Waals surface area (Å²) in [5.74, 6) is 1.57. The molecule has 2 heterocycles. The van der Waals surface area contributed by atoms with Crippen molar-refractivity contribution < 1.29 is 0 Å². The van der Waals surface area contributed by atoms with Crippen molar-refractivity contribution in [3.63, 3.8) is 0 Å². The number of fused-ring (bicyclic) bond motifs is 1. The first-order chi connectivity index (χ1) is 10.3. The zero-order valence-electron chi connectivity index (χ0n) is 11.7. The molecule has 2 nitrogen and oxygen atoms in total. The van der Waals surface area contributed by atoms with Gasteiger partial charge in [0, 0.05) is 17.2 Å². The summed E-state index contributed by atoms with van der Waals surface area (Å²) in [5.41, 5.74) is 1.96. The summed E-state index contributed by atoms with van der Waals surface area (Å²) in [6.07, 6.45) is 1.75. The summed E-state index contributed by atoms with van der Waals surface area (Å²) in [6, 6.07) is 10.5. The Hall–Kier alpha value is -1.03. The monoisotopic (exact) mass is 338 g/mol. The van der Waals surface area contributed by atoms with Crippen molar-refractivity contribution >= 4 is 45.6 Å². The number of nitrogens with zero attached hydrogens (tertiary/aromatic N) is 2. The molecule has 0 amide bonds. The van der Waals surface area contributed by atoms with Crippen molar-refractivity contribution in [2.24, 2.45) is 0 Å². The van der Waals surface area contributed by atoms with E-state index in [4.69, 9.17) is 28.2 Å². The summed E-state index contributed by atoms with van der Waals surface area (Å²) in [5, 5.41) is 2.81. The zero-order chi connectivity index (χ0) is 14.8. The smallest absolute Gasteiger partial charge is 0.111 e. The molecule has 0 fully saturated rings. The second-order valence-electron chi connectivity index (χ2n) is 4.88. The molecule has 1 aromatic carbocycles. The minimum Gasteiger partial charge on any atom is -0.319 e. The van der Waals surface area contributed by atoms with Crippen LogP contribution in [0.5, 0.6) is 0 Å². The highest BCUT2D eigenvalue weighted by Crippen LogP contribution is 2.33. The molecule has 5 heteroatoms. The highest BCUT2D eigenvalue weighted by Gasteiger charge is 2.20. The number of benzene rings is 1. The van der Waals surface area contributed by atoms with Gasteiger partial charge in [-0.3, -0.25) is 0 Å². The predicted octanol–water partition coefficient (Wildman–Crippen LogP) is 5.53. The van der Waals surface area contributed by atoms with E-state index in [0.717, 1.165) is 29.7 Å². The van der Waals surface area contributed by atoms with Crippen LogP contribution in [0.25, 0.3) is 11.0 Å². The van der Waals surface area contributed by atoms with Crippen LogP contribution in [0, 0.1) is 0 Å². The maximum atomic E-state index is 6.31. The van der Waals surface area contributed by atoms with Gasteiger partial charge >= 0.3 is 0 Å². The van der Waals surface area contributed by atoms with Gasteiger partial charge in [0.05, 0.1) is 16.6 Å². The minimum absolute atomic E-state index is 0.284. The van der Waals surface area contributed by atoms with Crippen molar-refractivity contribution in [1.82, 2.24) is 9.55 Å². The van der Waals surface area contributed by atoms with Gasteiger partial charge in [0.1, 0.15) is 11.3 Å². The first-order valence-electron chi connectivity index (χ1n) is 7.01. The second kappa shape index (κ2) is 6.39. The standard InChI is InChI=1S/C16H16Cl2N2S/c1-2-12(14-7-4-10-21-14)20-13-6-3-5-11(18)16(13)19-15(20)8-9-17/h3-7,10,12H,2,8-9H2,1H3. The highest BCUT2D eigenvalue weighted by atomic mass is 35.5. The number of imidazole rings is 1. The van der Waals surface area contributed by atoms with Crippen molar-refractivity contribution in [3.05, 3.63) is 51.4 Å². The second-order valence-corrected chi connectivity index (χ2v) is 6.65. The molecule has 0 bridgehead atoms. The number of aryl methyl sites for hydroxylation is 1. The number of thiophene rings is 1. The highest BCUT2D eigenvalue weighted by molar-refractivity contribution is 7.10. The molecular formula is C16H16Cl2N2S. The Kier molecular flexibility index (Phi) is 4.53. The van der Waals surface area contributed by atoms with Crippen LogP contribution in [0.1, 0.15) is 30.1 Å². The third kappa shape index (κ3) is 2.70. The SMILES string of the molecule is CCC(c1cccs1)n1c(CCCl)nc2c(Cl)cccc21. The van der Waals surface area contributed by atoms with E-state index in [1.54, 1.807) is 11.3 Å². The van der Waals surface area contributed by atoms with Crippen molar-refractivity contribution in [3.8, 4) is 0 Å². The fraction of sp³-hybridized carbons (Fsp3) is 0.312. The summed E-state index contributed by atoms with van der Waals surface area (Å²) >= 11 is 14.1. The van der Waals surface area contributed by atoms with E-state index < -0.39 is 0 Å². The Morgan fingerprint density at radius 3 is 2.81 bits per heavy atom. The van der Waals surface area contributed by atoms with Crippen LogP contribution in [-0.2, 0) is 6.42 Å². The number of para-hydroxylation sites is 1. The van der Waals surface area contributed by atoms with Gasteiger partial charge in [-0.25, -0.2) is 4.98 Å². The Labute approximate surface area is 138 Å². The molecule has 0 saturated heterocycles. The van der Waals surface area contributed by atoms with Gasteiger partial charge in [0.2, 0.25) is 0 Å². The molecule has 0 aliphatic heterocycles. The summed E-state index contributed by atoms with van der Waals surface area (Å²) < 4.78 is 2.30. The molecule has 0 radical (unpaired) electrons. The molecule has 0 aliphatic rings. The number of aromatic nitrogens is 2. The van der Waals surface area contributed by atoms with Gasteiger partial charge in [0.15, 0.2) is 0 Å². The van der Waals surface area contributed by atoms with Crippen molar-refractivity contribution in [2.45, 2.75) is 25.8 Å². The van der Waals surface area contributed by atoms with Gasteiger partial charge in [-0.1, -0.05) is 30.7 Å². The lowest BCUT2D eigenvalue weighted by atomic mass is 10.1. The molecule has 1 atom stereocenters. The molecule has 3 aromatic rings. The van der Waals surface area contributed by atoms with Crippen LogP contribution in [0.4, 0.5) is 0 Å². The zero-order valence-corrected chi connectivity index (χ0v) is 14.0. The number of hydrogen-bond donors (Lipinski definition) is 0. The van der Waals surface area contributed by atoms with Crippen molar-refractivity contribution in [2.75, 3.05) is 5.88 Å². The molecule has 21 heavy (non-hydrogen) atoms. The molecule has 0 aliphatic carbocycles. The number of halogens is 2. The average Bonchev–Trinajstić information content (AvgIpc) is 3.11. The minimum atomic E-state index is 0.284. The Morgan fingerprint density at radius 2 is 2.14 bits per heavy atom. The van der Waals surface area contributed by atoms with Crippen molar-refractivity contribution in [1.29, 1.82) is 0 Å². The normalized spacial score (nSPS) is 12.9. The molecule has 2 aromatic heterocycles. The third-order valence-electron chi connectivity index (χ3n) is 3.63. The Morgan fingerprint density at radius 1 is 1.29 bits per heavy atom. The summed E-state index contributed by atoms with van der Waals surface area (Å²) in [7, 11) is 0. The molecule has 0 saturated carbocycles. The van der Waals surface area contributed by atoms with Gasteiger partial charge < -0.3 is 4.57 Å². The number of hydrogen-bond acceptors (Lipinski definition) is 2. The third-order valence-corrected chi connectivity index (χ3v) is 5.10. The van der Waals surface area contributed by atoms with Crippen LogP contribution in [0.2, 0.25) is 5.02 Å². The maximum Gasteiger partial charge on any atom is 0.111 e. The number of alkyl halides is 1. The van der Waals surface area contributed by atoms with E-state index in [-0.39, 0.29) is 6.04 Å². The lowest BCUT2D eigenvalue weighted by Crippen LogP contribution is -2.12. The van der Waals surface area contributed by atoms with Crippen LogP contribution < -0.4 is 0 Å². The Balaban J connectivity index is 2.23. The quantitative estimate of drug-likeness (QED) is 0.559. The summed E-state index contributed by atoms with van der Waals surface area (Å²) in [6.45, 7) is 2.20. The van der Waals surface area contributed by atoms with E-state index >= 15 is 0 Å². The topological polar surface area (TPSA) is 17.8 Å². The fourth-order valence-electron chi connectivity index (χ4n) is 2.73. The van der Waals surface area contributed by atoms with Crippen LogP contribution >= 0.6 is 34.5 Å². The van der Waals surface area contributed by atoms with E-state index in [2.05, 4.69) is 35.1 Å². The molecule has 0 spiro atoms. The molecule has 110 valence electrons. The van der Waals surface area contributed by atoms with E-state index in [0.29, 0.717) is 10.9 Å². The molecular weight excluding hydrogens is 323 g/mol. The number of rotatable bonds is 5. The van der Waals surface area contributed by atoms with E-state index in [1.165, 1.54) is 4.88 Å². The molecule has 1 unspecified atom stereocenters. The largest absolute Gasteiger partial charge is 0.319 e. The lowest BCUT2D eigenvalue weighted by molar-refractivity contribution is 0.567. The Bertz CT molecular complexity index is 734. The van der Waals surface area contributed by atoms with Crippen LogP contribution in [0.15, 0.2) is 35.7 Å². The fourth-order valence-corrected chi connectivity index (χ4v) is 4.01. The van der Waals surface area contributed by atoms with Crippen LogP contribution in [0.3, 0.4) is 0 Å². The molecule has 0 N–H and O–H groups in total. The average molecular weight is 339 g/mol. The van der Waals surface area contributed by atoms with E-state index in [9.17, 15) is 0 Å². The van der Waals surface area contributed by atoms with Gasteiger partial charge in [-0.05, 0) is 30.0 Å². The van der Waals surface area contributed by atoms with Gasteiger partial charge in [-0.2, -0.15) is 0 Å². The maximum absolute atomic E-state index is 6.31. The van der Waals surface area contributed by atoms with Gasteiger partial charge in [-0.15, -0.1) is 22.9 Å². The van der Waals surface area contributed by atoms with E-state index in [1.807, 2.05) is 12.1 Å². The van der Waals surface area contributed by atoms with Crippen LogP contribution in [-0.4, -0.2) is 15.4 Å². The lowest BCUT2D eigenvalue weighted by Gasteiger charge is -2.19. The molecule has 3 rings (SSSR count).